The number of sulfonamides is 1. The van der Waals surface area contributed by atoms with Crippen molar-refractivity contribution in [3.8, 4) is 0 Å². The summed E-state index contributed by atoms with van der Waals surface area (Å²) in [6.45, 7) is 6.42. The summed E-state index contributed by atoms with van der Waals surface area (Å²) in [4.78, 5) is 19.2. The van der Waals surface area contributed by atoms with Crippen LogP contribution in [-0.4, -0.2) is 61.6 Å². The second-order valence-corrected chi connectivity index (χ2v) is 12.9. The van der Waals surface area contributed by atoms with Crippen molar-refractivity contribution in [3.63, 3.8) is 0 Å². The second kappa shape index (κ2) is 11.9. The van der Waals surface area contributed by atoms with E-state index in [2.05, 4.69) is 16.9 Å². The molecule has 0 aromatic heterocycles. The molecule has 0 bridgehead atoms. The maximum Gasteiger partial charge on any atom is 0.416 e. The summed E-state index contributed by atoms with van der Waals surface area (Å²) >= 11 is 0. The third-order valence-corrected chi connectivity index (χ3v) is 9.47. The number of amidine groups is 1. The molecule has 2 aromatic carbocycles. The van der Waals surface area contributed by atoms with Crippen LogP contribution in [-0.2, 0) is 27.5 Å². The molecule has 1 N–H and O–H groups in total. The standard InChI is InChI=1S/C29H34F4N4O3S/c1-20(26-34-19-28(2,35-26)27(38)36(3)17-21-5-4-6-21)15-16-37(41(39,40)25-13-11-24(30)12-14-25)18-22-7-9-23(10-8-22)29(31,32)33/h7-14,21H,1,4-6,15-19H2,2-3H3,(H,34,35)/t28-/m1/s1. The highest BCUT2D eigenvalue weighted by molar-refractivity contribution is 7.89. The number of amides is 1. The molecule has 1 amide bonds. The van der Waals surface area contributed by atoms with Crippen molar-refractivity contribution >= 4 is 21.8 Å². The number of halogens is 4. The molecule has 0 radical (unpaired) electrons. The zero-order valence-electron chi connectivity index (χ0n) is 23.0. The van der Waals surface area contributed by atoms with Crippen molar-refractivity contribution in [1.82, 2.24) is 14.5 Å². The van der Waals surface area contributed by atoms with Gasteiger partial charge in [-0.3, -0.25) is 9.79 Å². The predicted octanol–water partition coefficient (Wildman–Crippen LogP) is 5.00. The largest absolute Gasteiger partial charge is 0.416 e. The summed E-state index contributed by atoms with van der Waals surface area (Å²) in [6.07, 6.45) is -0.974. The molecule has 4 rings (SSSR count). The Kier molecular flexibility index (Phi) is 8.93. The fourth-order valence-corrected chi connectivity index (χ4v) is 6.32. The number of likely N-dealkylation sites (N-methyl/N-ethyl adjacent to an activating group) is 1. The number of rotatable bonds is 11. The molecule has 1 atom stereocenters. The van der Waals surface area contributed by atoms with E-state index in [9.17, 15) is 30.8 Å². The molecule has 0 spiro atoms. The number of nitrogens with one attached hydrogen (secondary N) is 1. The third-order valence-electron chi connectivity index (χ3n) is 7.61. The van der Waals surface area contributed by atoms with Gasteiger partial charge in [-0.15, -0.1) is 0 Å². The molecule has 2 aliphatic rings. The van der Waals surface area contributed by atoms with Gasteiger partial charge in [0.2, 0.25) is 15.9 Å². The summed E-state index contributed by atoms with van der Waals surface area (Å²) in [6, 6.07) is 8.58. The highest BCUT2D eigenvalue weighted by atomic mass is 32.2. The van der Waals surface area contributed by atoms with E-state index in [0.717, 1.165) is 53.5 Å². The number of benzene rings is 2. The van der Waals surface area contributed by atoms with E-state index < -0.39 is 33.1 Å². The minimum Gasteiger partial charge on any atom is -0.355 e. The van der Waals surface area contributed by atoms with Gasteiger partial charge in [-0.2, -0.15) is 17.5 Å². The lowest BCUT2D eigenvalue weighted by atomic mass is 9.85. The molecule has 12 heteroatoms. The quantitative estimate of drug-likeness (QED) is 0.372. The Labute approximate surface area is 238 Å². The third kappa shape index (κ3) is 7.16. The number of nitrogens with zero attached hydrogens (tertiary/aromatic N) is 3. The van der Waals surface area contributed by atoms with Gasteiger partial charge in [0.25, 0.3) is 0 Å². The van der Waals surface area contributed by atoms with Gasteiger partial charge in [0.15, 0.2) is 0 Å². The molecule has 1 aliphatic heterocycles. The summed E-state index contributed by atoms with van der Waals surface area (Å²) in [5.74, 6) is 0.237. The Morgan fingerprint density at radius 1 is 1.12 bits per heavy atom. The van der Waals surface area contributed by atoms with Crippen molar-refractivity contribution in [2.24, 2.45) is 10.9 Å². The summed E-state index contributed by atoms with van der Waals surface area (Å²) in [5, 5.41) is 3.17. The molecule has 1 saturated carbocycles. The van der Waals surface area contributed by atoms with Crippen LogP contribution in [0.2, 0.25) is 0 Å². The first-order valence-corrected chi connectivity index (χ1v) is 14.8. The van der Waals surface area contributed by atoms with E-state index in [0.29, 0.717) is 29.4 Å². The van der Waals surface area contributed by atoms with Gasteiger partial charge in [-0.1, -0.05) is 25.1 Å². The highest BCUT2D eigenvalue weighted by Crippen LogP contribution is 2.30. The van der Waals surface area contributed by atoms with Crippen LogP contribution in [0.4, 0.5) is 17.6 Å². The normalized spacial score (nSPS) is 19.4. The van der Waals surface area contributed by atoms with Crippen LogP contribution in [0.15, 0.2) is 70.6 Å². The van der Waals surface area contributed by atoms with Crippen LogP contribution in [0, 0.1) is 11.7 Å². The van der Waals surface area contributed by atoms with Gasteiger partial charge < -0.3 is 10.2 Å². The lowest BCUT2D eigenvalue weighted by Gasteiger charge is -2.34. The van der Waals surface area contributed by atoms with Crippen LogP contribution in [0.25, 0.3) is 0 Å². The van der Waals surface area contributed by atoms with Gasteiger partial charge in [-0.05, 0) is 79.6 Å². The molecular weight excluding hydrogens is 560 g/mol. The molecule has 1 fully saturated rings. The smallest absolute Gasteiger partial charge is 0.355 e. The van der Waals surface area contributed by atoms with E-state index in [1.54, 1.807) is 18.9 Å². The van der Waals surface area contributed by atoms with Crippen molar-refractivity contribution in [2.75, 3.05) is 26.7 Å². The fraction of sp³-hybridized carbons (Fsp3) is 0.448. The van der Waals surface area contributed by atoms with Crippen LogP contribution >= 0.6 is 0 Å². The van der Waals surface area contributed by atoms with Gasteiger partial charge in [0, 0.05) is 26.7 Å². The topological polar surface area (TPSA) is 82.1 Å². The molecule has 1 heterocycles. The average Bonchev–Trinajstić information content (AvgIpc) is 3.31. The molecular formula is C29H34F4N4O3S. The van der Waals surface area contributed by atoms with E-state index in [1.165, 1.54) is 18.6 Å². The first kappa shape index (κ1) is 30.7. The maximum absolute atomic E-state index is 13.5. The van der Waals surface area contributed by atoms with E-state index >= 15 is 0 Å². The summed E-state index contributed by atoms with van der Waals surface area (Å²) in [5.41, 5.74) is -0.964. The Bertz CT molecular complexity index is 1410. The Hall–Kier alpha value is -3.25. The Balaban J connectivity index is 1.46. The number of hydrogen-bond acceptors (Lipinski definition) is 5. The van der Waals surface area contributed by atoms with Gasteiger partial charge in [0.1, 0.15) is 17.2 Å². The second-order valence-electron chi connectivity index (χ2n) is 10.9. The van der Waals surface area contributed by atoms with Gasteiger partial charge >= 0.3 is 6.18 Å². The number of carbonyl (C=O) groups excluding carboxylic acids is 1. The molecule has 7 nitrogen and oxygen atoms in total. The predicted molar refractivity (Wildman–Crippen MR) is 148 cm³/mol. The first-order valence-electron chi connectivity index (χ1n) is 13.4. The molecule has 2 aromatic rings. The Morgan fingerprint density at radius 2 is 1.76 bits per heavy atom. The first-order chi connectivity index (χ1) is 19.2. The number of alkyl halides is 3. The van der Waals surface area contributed by atoms with E-state index in [1.807, 2.05) is 0 Å². The molecule has 222 valence electrons. The molecule has 0 unspecified atom stereocenters. The van der Waals surface area contributed by atoms with E-state index in [4.69, 9.17) is 0 Å². The number of aliphatic imine (C=N–C) groups is 1. The maximum atomic E-state index is 13.5. The minimum absolute atomic E-state index is 0.0769. The zero-order valence-corrected chi connectivity index (χ0v) is 23.9. The van der Waals surface area contributed by atoms with Crippen LogP contribution in [0.1, 0.15) is 43.7 Å². The fourth-order valence-electron chi connectivity index (χ4n) is 4.89. The SMILES string of the molecule is C=C(CCN(Cc1ccc(C(F)(F)F)cc1)S(=O)(=O)c1ccc(F)cc1)C1=NC[C@](C)(C(=O)N(C)CC2CCC2)N1. The molecule has 41 heavy (non-hydrogen) atoms. The van der Waals surface area contributed by atoms with Crippen LogP contribution in [0.3, 0.4) is 0 Å². The lowest BCUT2D eigenvalue weighted by Crippen LogP contribution is -2.56. The van der Waals surface area contributed by atoms with Crippen molar-refractivity contribution in [1.29, 1.82) is 0 Å². The summed E-state index contributed by atoms with van der Waals surface area (Å²) in [7, 11) is -2.37. The molecule has 1 aliphatic carbocycles. The summed E-state index contributed by atoms with van der Waals surface area (Å²) < 4.78 is 80.6. The van der Waals surface area contributed by atoms with Gasteiger partial charge in [0.05, 0.1) is 17.0 Å². The van der Waals surface area contributed by atoms with Crippen molar-refractivity contribution in [3.05, 3.63) is 77.6 Å². The minimum atomic E-state index is -4.52. The monoisotopic (exact) mass is 594 g/mol. The Morgan fingerprint density at radius 3 is 2.32 bits per heavy atom. The van der Waals surface area contributed by atoms with E-state index in [-0.39, 0.29) is 36.9 Å². The van der Waals surface area contributed by atoms with Crippen molar-refractivity contribution in [2.45, 2.75) is 55.8 Å². The van der Waals surface area contributed by atoms with Crippen molar-refractivity contribution < 1.29 is 30.8 Å². The lowest BCUT2D eigenvalue weighted by molar-refractivity contribution is -0.137. The van der Waals surface area contributed by atoms with Gasteiger partial charge in [-0.25, -0.2) is 12.8 Å². The van der Waals surface area contributed by atoms with Crippen LogP contribution in [0.5, 0.6) is 0 Å². The number of hydrogen-bond donors (Lipinski definition) is 1. The average molecular weight is 595 g/mol. The molecule has 0 saturated heterocycles. The zero-order chi connectivity index (χ0) is 30.0. The van der Waals surface area contributed by atoms with Crippen LogP contribution < -0.4 is 5.32 Å². The highest BCUT2D eigenvalue weighted by Gasteiger charge is 2.41. The number of carbonyl (C=O) groups is 1.